The number of hydrogen-bond donors (Lipinski definition) is 10. The van der Waals surface area contributed by atoms with Gasteiger partial charge >= 0.3 is 24.1 Å². The summed E-state index contributed by atoms with van der Waals surface area (Å²) < 4.78 is 145. The van der Waals surface area contributed by atoms with E-state index in [0.29, 0.717) is 83.2 Å². The monoisotopic (exact) mass is 1790 g/mol. The Bertz CT molecular complexity index is 5910. The first-order valence-electron chi connectivity index (χ1n) is 40.9. The summed E-state index contributed by atoms with van der Waals surface area (Å²) in [5.74, 6) is -0.195. The molecule has 10 N–H and O–H groups in total. The summed E-state index contributed by atoms with van der Waals surface area (Å²) in [4.78, 5) is 55.8. The van der Waals surface area contributed by atoms with Gasteiger partial charge in [-0.1, -0.05) is 57.5 Å². The lowest BCUT2D eigenvalue weighted by molar-refractivity contribution is -0.206. The van der Waals surface area contributed by atoms with Gasteiger partial charge in [0, 0.05) is 91.4 Å². The predicted molar refractivity (Wildman–Crippen MR) is 452 cm³/mol. The zero-order valence-electron chi connectivity index (χ0n) is 69.0. The van der Waals surface area contributed by atoms with Gasteiger partial charge in [-0.2, -0.15) is 58.9 Å². The van der Waals surface area contributed by atoms with Gasteiger partial charge in [-0.3, -0.25) is 19.0 Å². The van der Waals surface area contributed by atoms with Crippen LogP contribution in [0.5, 0.6) is 0 Å². The van der Waals surface area contributed by atoms with E-state index in [9.17, 15) is 67.5 Å². The van der Waals surface area contributed by atoms with Gasteiger partial charge in [0.25, 0.3) is 40.1 Å². The lowest BCUT2D eigenvalue weighted by Gasteiger charge is -2.39. The number of pyridine rings is 1. The summed E-state index contributed by atoms with van der Waals surface area (Å²) in [5, 5.41) is 49.2. The van der Waals surface area contributed by atoms with E-state index < -0.39 is 75.9 Å². The van der Waals surface area contributed by atoms with Crippen molar-refractivity contribution in [1.29, 1.82) is 0 Å². The van der Waals surface area contributed by atoms with E-state index in [2.05, 4.69) is 73.3 Å². The molecular formula is C82H100ClFN18O17S4. The molecule has 1 atom stereocenters. The van der Waals surface area contributed by atoms with Crippen LogP contribution in [-0.2, 0) is 138 Å². The largest absolute Gasteiger partial charge is 0.393 e. The van der Waals surface area contributed by atoms with E-state index in [1.165, 1.54) is 63.0 Å². The number of hydrogen-bond acceptors (Lipinski definition) is 23. The van der Waals surface area contributed by atoms with Gasteiger partial charge in [-0.25, -0.2) is 42.5 Å². The quantitative estimate of drug-likeness (QED) is 0.0319. The summed E-state index contributed by atoms with van der Waals surface area (Å²) in [7, 11) is -13.6. The number of ether oxygens (including phenoxy) is 3. The van der Waals surface area contributed by atoms with Crippen molar-refractivity contribution in [2.45, 2.75) is 225 Å². The number of fused-ring (bicyclic) bond motifs is 5. The summed E-state index contributed by atoms with van der Waals surface area (Å²) in [6, 6.07) is 13.7. The molecule has 0 radical (unpaired) electrons. The zero-order valence-corrected chi connectivity index (χ0v) is 73.0. The molecule has 1 saturated carbocycles. The number of halogens is 2. The molecule has 0 spiro atoms. The summed E-state index contributed by atoms with van der Waals surface area (Å²) in [5.41, 5.74) is 15.7. The number of nitrogens with one attached hydrogen (secondary N) is 8. The summed E-state index contributed by atoms with van der Waals surface area (Å²) in [6.45, 7) is 11.3. The Morgan fingerprint density at radius 1 is 0.553 bits per heavy atom. The number of benzene rings is 4. The molecule has 0 bridgehead atoms. The smallest absolute Gasteiger partial charge is 0.333 e. The van der Waals surface area contributed by atoms with E-state index in [-0.39, 0.29) is 75.7 Å². The molecule has 5 aromatic heterocycles. The van der Waals surface area contributed by atoms with Gasteiger partial charge in [0.1, 0.15) is 5.82 Å². The first-order valence-corrected chi connectivity index (χ1v) is 47.2. The molecule has 8 aliphatic rings. The third-order valence-electron chi connectivity index (χ3n) is 23.2. The molecule has 123 heavy (non-hydrogen) atoms. The fourth-order valence-electron chi connectivity index (χ4n) is 17.0. The molecule has 8 amide bonds. The number of methoxy groups -OCH3 is 1. The highest BCUT2D eigenvalue weighted by Gasteiger charge is 2.45. The van der Waals surface area contributed by atoms with Crippen molar-refractivity contribution < 1.29 is 81.7 Å². The second-order valence-electron chi connectivity index (χ2n) is 32.5. The number of aliphatic hydroxyl groups is 2. The molecule has 6 aliphatic carbocycles. The Kier molecular flexibility index (Phi) is 26.7. The molecule has 658 valence electrons. The molecule has 2 saturated heterocycles. The fourth-order valence-corrected chi connectivity index (χ4v) is 20.6. The number of rotatable bonds is 21. The topological polar surface area (TPSA) is 466 Å². The number of carbonyl (C=O) groups is 4. The molecule has 2 aliphatic heterocycles. The maximum Gasteiger partial charge on any atom is 0.333 e. The molecule has 35 nitrogen and oxygen atoms in total. The van der Waals surface area contributed by atoms with Crippen LogP contribution in [-0.4, -0.2) is 163 Å². The van der Waals surface area contributed by atoms with E-state index >= 15 is 0 Å². The molecular weight excluding hydrogens is 1690 g/mol. The van der Waals surface area contributed by atoms with E-state index in [4.69, 9.17) is 25.8 Å². The van der Waals surface area contributed by atoms with Crippen LogP contribution in [0.25, 0.3) is 11.1 Å². The third kappa shape index (κ3) is 19.9. The second kappa shape index (κ2) is 36.9. The number of urea groups is 4. The lowest BCUT2D eigenvalue weighted by atomic mass is 9.90. The molecule has 0 unspecified atom stereocenters. The number of nitrogens with zero attached hydrogens (tertiary/aromatic N) is 10. The van der Waals surface area contributed by atoms with E-state index in [1.807, 2.05) is 37.1 Å². The second-order valence-corrected chi connectivity index (χ2v) is 39.4. The van der Waals surface area contributed by atoms with E-state index in [0.717, 1.165) is 152 Å². The van der Waals surface area contributed by atoms with Crippen molar-refractivity contribution in [3.8, 4) is 11.1 Å². The molecule has 7 heterocycles. The maximum absolute atomic E-state index is 14.8. The van der Waals surface area contributed by atoms with Crippen molar-refractivity contribution in [2.75, 3.05) is 54.8 Å². The minimum atomic E-state index is -4.31. The summed E-state index contributed by atoms with van der Waals surface area (Å²) in [6.07, 6.45) is 22.6. The Hall–Kier alpha value is -10.3. The van der Waals surface area contributed by atoms with Crippen molar-refractivity contribution in [3.05, 3.63) is 175 Å². The van der Waals surface area contributed by atoms with Crippen molar-refractivity contribution in [1.82, 2.24) is 68.2 Å². The highest BCUT2D eigenvalue weighted by molar-refractivity contribution is 7.90. The number of sulfonamides is 4. The van der Waals surface area contributed by atoms with Gasteiger partial charge in [-0.15, -0.1) is 5.10 Å². The zero-order chi connectivity index (χ0) is 87.6. The number of aryl methyl sites for hydroxylation is 5. The number of aromatic nitrogens is 10. The summed E-state index contributed by atoms with van der Waals surface area (Å²) >= 11 is 6.26. The number of carbonyl (C=O) groups excluding carboxylic acids is 4. The first-order chi connectivity index (χ1) is 58.6. The normalized spacial score (nSPS) is 17.7. The van der Waals surface area contributed by atoms with Gasteiger partial charge in [0.05, 0.1) is 61.6 Å². The average Bonchev–Trinajstić information content (AvgIpc) is 1.63. The standard InChI is InChI=1S/C23H24FN5O5S.C21H29ClN4O4S.C20H24N4O4S.C18H23N5O4S/c1-29-19(23(33-2)12-34-13-23)10-20(27-29)35(31,32)28-22(30)26-21-16-7-3-6-15(16)18(24)9-17(21)14-5-4-8-25-11-14;1-13(2)17-11-15(22)12-18(14(3)4)20(17)23-21(27)25-31(28,29)19-5-8-26(24-19)16-6-9-30-10-7-16;25-15-10-14(11-15)24-8-7-18(22-24)29(27,28)23-20(26)21-19-16-5-1-3-12(16)9-13-4-2-6-17(13)19;1-11(24)10-23-19-9-16(21-23)28(26,27)22-18(25)20-17-14-6-2-4-12(14)8-13-5-3-7-15(13)17/h4-5,8-11H,3,6-7,12-13H2,1-2H3,(H2,26,28,30);5,8,11-14,16H,6-7,9-10H2,1-4H3,(H2,23,25,27);7-9,14-15,25H,1-6,10-11H2,(H2,21,23,26);8-9,11,24H,2-7,10H2,1H3,(H2,20,22,25)/t;;;11-/m...0/s1. The highest BCUT2D eigenvalue weighted by Crippen LogP contribution is 2.44. The number of anilines is 4. The van der Waals surface area contributed by atoms with Crippen LogP contribution in [0.1, 0.15) is 189 Å². The van der Waals surface area contributed by atoms with Crippen LogP contribution in [0.4, 0.5) is 46.3 Å². The van der Waals surface area contributed by atoms with Crippen LogP contribution in [0.2, 0.25) is 5.02 Å². The van der Waals surface area contributed by atoms with Crippen LogP contribution < -0.4 is 40.2 Å². The first kappa shape index (κ1) is 89.0. The van der Waals surface area contributed by atoms with Crippen LogP contribution in [0.3, 0.4) is 0 Å². The fraction of sp³-hybridized carbons (Fsp3) is 0.463. The van der Waals surface area contributed by atoms with Crippen LogP contribution in [0, 0.1) is 5.82 Å². The minimum absolute atomic E-state index is 0.00253. The SMILES string of the molecule is CC(C)c1cc(Cl)cc(C(C)C)c1NC(=O)NS(=O)(=O)c1ccn(C2CCOCC2)n1.COC1(c2cc(S(=O)(=O)NC(=O)Nc3c(-c4cccnc4)cc(F)c4c3CCC4)nn2C)COC1.C[C@H](O)Cn1ncc(S(=O)(=O)NC(=O)Nc2c3c(cc4c2CCC4)CCC3)n1.O=C(Nc1c2c(cc3c1CCC3)CCC2)NS(=O)(=O)c1ccn(C2CC(O)C2)n1. The third-order valence-corrected chi connectivity index (χ3v) is 28.2. The molecule has 4 aromatic carbocycles. The average molecular weight is 1790 g/mol. The molecule has 3 fully saturated rings. The Balaban J connectivity index is 0.000000134. The van der Waals surface area contributed by atoms with Gasteiger partial charge in [0.2, 0.25) is 5.03 Å². The molecule has 9 aromatic rings. The molecule has 41 heteroatoms. The number of aliphatic hydroxyl groups excluding tert-OH is 2. The number of amides is 8. The maximum atomic E-state index is 14.8. The Morgan fingerprint density at radius 3 is 1.46 bits per heavy atom. The highest BCUT2D eigenvalue weighted by atomic mass is 35.5. The van der Waals surface area contributed by atoms with Crippen molar-refractivity contribution in [3.63, 3.8) is 0 Å². The minimum Gasteiger partial charge on any atom is -0.393 e. The van der Waals surface area contributed by atoms with E-state index in [1.54, 1.807) is 67.7 Å². The predicted octanol–water partition coefficient (Wildman–Crippen LogP) is 10.4. The lowest BCUT2D eigenvalue weighted by Crippen LogP contribution is -2.49. The Labute approximate surface area is 717 Å². The van der Waals surface area contributed by atoms with Gasteiger partial charge < -0.3 is 45.7 Å². The van der Waals surface area contributed by atoms with Crippen LogP contribution >= 0.6 is 11.6 Å². The van der Waals surface area contributed by atoms with Crippen molar-refractivity contribution in [2.24, 2.45) is 7.05 Å². The van der Waals surface area contributed by atoms with Gasteiger partial charge in [-0.05, 0) is 244 Å². The molecule has 17 rings (SSSR count). The van der Waals surface area contributed by atoms with Crippen molar-refractivity contribution >= 4 is 98.6 Å². The van der Waals surface area contributed by atoms with Gasteiger partial charge in [0.15, 0.2) is 20.7 Å². The Morgan fingerprint density at radius 2 is 1.01 bits per heavy atom. The van der Waals surface area contributed by atoms with Crippen LogP contribution in [0.15, 0.2) is 112 Å².